The van der Waals surface area contributed by atoms with Crippen LogP contribution in [-0.2, 0) is 7.05 Å². The van der Waals surface area contributed by atoms with Crippen molar-refractivity contribution in [3.63, 3.8) is 0 Å². The lowest BCUT2D eigenvalue weighted by Crippen LogP contribution is -2.01. The summed E-state index contributed by atoms with van der Waals surface area (Å²) in [5, 5.41) is 20.3. The van der Waals surface area contributed by atoms with Crippen LogP contribution in [0.4, 0.5) is 20.3 Å². The van der Waals surface area contributed by atoms with E-state index in [-0.39, 0.29) is 17.0 Å². The molecule has 0 saturated heterocycles. The highest BCUT2D eigenvalue weighted by molar-refractivity contribution is 5.79. The van der Waals surface area contributed by atoms with E-state index in [0.717, 1.165) is 17.6 Å². The first-order valence-corrected chi connectivity index (χ1v) is 6.81. The third kappa shape index (κ3) is 2.63. The quantitative estimate of drug-likeness (QED) is 0.568. The molecule has 24 heavy (non-hydrogen) atoms. The maximum absolute atomic E-state index is 14.2. The van der Waals surface area contributed by atoms with Crippen LogP contribution in [0.15, 0.2) is 37.0 Å². The zero-order chi connectivity index (χ0) is 17.3. The van der Waals surface area contributed by atoms with Crippen molar-refractivity contribution < 1.29 is 13.9 Å². The fourth-order valence-corrected chi connectivity index (χ4v) is 2.24. The van der Waals surface area contributed by atoms with Crippen molar-refractivity contribution in [1.29, 1.82) is 5.26 Å². The second-order valence-corrected chi connectivity index (χ2v) is 5.01. The highest BCUT2D eigenvalue weighted by Gasteiger charge is 2.15. The van der Waals surface area contributed by atoms with Gasteiger partial charge < -0.3 is 15.0 Å². The van der Waals surface area contributed by atoms with Crippen LogP contribution in [0.25, 0.3) is 16.6 Å². The SMILES string of the molecule is Cn1cnc2cnc(Nc3c(F)cc(/C(C#N)=C\O)cc3F)cc21. The van der Waals surface area contributed by atoms with E-state index in [4.69, 9.17) is 10.4 Å². The Morgan fingerprint density at radius 3 is 2.62 bits per heavy atom. The molecule has 0 aliphatic carbocycles. The van der Waals surface area contributed by atoms with Crippen LogP contribution in [0.3, 0.4) is 0 Å². The molecule has 0 amide bonds. The number of nitriles is 1. The molecule has 2 N–H and O–H groups in total. The normalized spacial score (nSPS) is 11.5. The topological polar surface area (TPSA) is 86.8 Å². The second-order valence-electron chi connectivity index (χ2n) is 5.01. The van der Waals surface area contributed by atoms with E-state index < -0.39 is 17.3 Å². The van der Waals surface area contributed by atoms with E-state index in [2.05, 4.69) is 15.3 Å². The molecule has 0 unspecified atom stereocenters. The first-order valence-electron chi connectivity index (χ1n) is 6.81. The largest absolute Gasteiger partial charge is 0.514 e. The van der Waals surface area contributed by atoms with Crippen molar-refractivity contribution in [3.05, 3.63) is 54.2 Å². The third-order valence-corrected chi connectivity index (χ3v) is 3.47. The predicted molar refractivity (Wildman–Crippen MR) is 84.4 cm³/mol. The number of rotatable bonds is 3. The molecule has 8 heteroatoms. The van der Waals surface area contributed by atoms with Gasteiger partial charge in [0.05, 0.1) is 29.9 Å². The Balaban J connectivity index is 2.00. The van der Waals surface area contributed by atoms with E-state index >= 15 is 0 Å². The third-order valence-electron chi connectivity index (χ3n) is 3.47. The molecule has 2 heterocycles. The minimum Gasteiger partial charge on any atom is -0.514 e. The summed E-state index contributed by atoms with van der Waals surface area (Å²) < 4.78 is 30.1. The van der Waals surface area contributed by atoms with E-state index in [1.54, 1.807) is 30.1 Å². The summed E-state index contributed by atoms with van der Waals surface area (Å²) in [6.07, 6.45) is 3.60. The Bertz CT molecular complexity index is 980. The van der Waals surface area contributed by atoms with Crippen molar-refractivity contribution in [2.24, 2.45) is 7.05 Å². The van der Waals surface area contributed by atoms with E-state index in [1.165, 1.54) is 6.20 Å². The molecular weight excluding hydrogens is 316 g/mol. The predicted octanol–water partition coefficient (Wildman–Crippen LogP) is 3.41. The highest BCUT2D eigenvalue weighted by atomic mass is 19.1. The number of aryl methyl sites for hydroxylation is 1. The number of anilines is 2. The number of benzene rings is 1. The number of imidazole rings is 1. The van der Waals surface area contributed by atoms with Gasteiger partial charge in [0.1, 0.15) is 34.7 Å². The molecule has 0 aliphatic heterocycles. The van der Waals surface area contributed by atoms with Gasteiger partial charge in [0.2, 0.25) is 0 Å². The summed E-state index contributed by atoms with van der Waals surface area (Å²) in [6.45, 7) is 0. The number of hydrogen-bond donors (Lipinski definition) is 2. The van der Waals surface area contributed by atoms with Gasteiger partial charge in [-0.1, -0.05) is 0 Å². The van der Waals surface area contributed by atoms with Gasteiger partial charge in [-0.25, -0.2) is 18.7 Å². The maximum atomic E-state index is 14.2. The van der Waals surface area contributed by atoms with E-state index in [0.29, 0.717) is 11.8 Å². The van der Waals surface area contributed by atoms with E-state index in [9.17, 15) is 8.78 Å². The lowest BCUT2D eigenvalue weighted by molar-refractivity contribution is 0.476. The lowest BCUT2D eigenvalue weighted by atomic mass is 10.1. The average molecular weight is 327 g/mol. The highest BCUT2D eigenvalue weighted by Crippen LogP contribution is 2.27. The number of pyridine rings is 1. The summed E-state index contributed by atoms with van der Waals surface area (Å²) in [4.78, 5) is 8.18. The number of allylic oxidation sites excluding steroid dienone is 1. The van der Waals surface area contributed by atoms with Crippen molar-refractivity contribution >= 4 is 28.1 Å². The van der Waals surface area contributed by atoms with Gasteiger partial charge in [0, 0.05) is 18.7 Å². The summed E-state index contributed by atoms with van der Waals surface area (Å²) in [5.41, 5.74) is 0.707. The molecular formula is C16H11F2N5O. The molecule has 0 saturated carbocycles. The number of nitrogens with one attached hydrogen (secondary N) is 1. The van der Waals surface area contributed by atoms with Gasteiger partial charge >= 0.3 is 0 Å². The standard InChI is InChI=1S/C16H11F2N5O/c1-23-8-21-13-6-20-15(4-14(13)23)22-16-11(17)2-9(3-12(16)18)10(5-19)7-24/h2-4,6-8,24H,1H3,(H,20,22)/b10-7-. The smallest absolute Gasteiger partial charge is 0.150 e. The van der Waals surface area contributed by atoms with Crippen LogP contribution in [0, 0.1) is 23.0 Å². The van der Waals surface area contributed by atoms with Crippen molar-refractivity contribution in [3.8, 4) is 6.07 Å². The number of fused-ring (bicyclic) bond motifs is 1. The monoisotopic (exact) mass is 327 g/mol. The Labute approximate surface area is 135 Å². The summed E-state index contributed by atoms with van der Waals surface area (Å²) in [7, 11) is 1.79. The number of aliphatic hydroxyl groups excluding tert-OH is 1. The van der Waals surface area contributed by atoms with Crippen LogP contribution < -0.4 is 5.32 Å². The molecule has 2 aromatic heterocycles. The van der Waals surface area contributed by atoms with Crippen LogP contribution in [-0.4, -0.2) is 19.6 Å². The number of hydrogen-bond acceptors (Lipinski definition) is 5. The lowest BCUT2D eigenvalue weighted by Gasteiger charge is -2.10. The molecule has 6 nitrogen and oxygen atoms in total. The van der Waals surface area contributed by atoms with Crippen molar-refractivity contribution in [1.82, 2.24) is 14.5 Å². The van der Waals surface area contributed by atoms with Crippen molar-refractivity contribution in [2.45, 2.75) is 0 Å². The maximum Gasteiger partial charge on any atom is 0.150 e. The number of aliphatic hydroxyl groups is 1. The molecule has 0 atom stereocenters. The van der Waals surface area contributed by atoms with Crippen molar-refractivity contribution in [2.75, 3.05) is 5.32 Å². The van der Waals surface area contributed by atoms with Gasteiger partial charge in [-0.2, -0.15) is 5.26 Å². The minimum atomic E-state index is -0.911. The minimum absolute atomic E-state index is 0.0596. The Morgan fingerprint density at radius 1 is 1.29 bits per heavy atom. The molecule has 0 aliphatic rings. The van der Waals surface area contributed by atoms with Crippen LogP contribution in [0.1, 0.15) is 5.56 Å². The summed E-state index contributed by atoms with van der Waals surface area (Å²) in [6, 6.07) is 5.18. The molecule has 0 radical (unpaired) electrons. The molecule has 0 spiro atoms. The molecule has 120 valence electrons. The van der Waals surface area contributed by atoms with E-state index in [1.807, 2.05) is 0 Å². The summed E-state index contributed by atoms with van der Waals surface area (Å²) >= 11 is 0. The van der Waals surface area contributed by atoms with Gasteiger partial charge in [-0.3, -0.25) is 0 Å². The fraction of sp³-hybridized carbons (Fsp3) is 0.0625. The number of aromatic nitrogens is 3. The Morgan fingerprint density at radius 2 is 2.00 bits per heavy atom. The first-order chi connectivity index (χ1) is 11.5. The Hall–Kier alpha value is -3.47. The zero-order valence-corrected chi connectivity index (χ0v) is 12.5. The Kier molecular flexibility index (Phi) is 3.83. The van der Waals surface area contributed by atoms with Gasteiger partial charge in [-0.15, -0.1) is 0 Å². The first kappa shape index (κ1) is 15.4. The molecule has 3 aromatic rings. The van der Waals surface area contributed by atoms with Crippen LogP contribution in [0.2, 0.25) is 0 Å². The number of halogens is 2. The molecule has 0 bridgehead atoms. The molecule has 1 aromatic carbocycles. The molecule has 0 fully saturated rings. The number of nitrogens with zero attached hydrogens (tertiary/aromatic N) is 4. The zero-order valence-electron chi connectivity index (χ0n) is 12.5. The second kappa shape index (κ2) is 5.96. The van der Waals surface area contributed by atoms with Gasteiger partial charge in [-0.05, 0) is 12.1 Å². The van der Waals surface area contributed by atoms with Gasteiger partial charge in [0.15, 0.2) is 0 Å². The fourth-order valence-electron chi connectivity index (χ4n) is 2.24. The average Bonchev–Trinajstić information content (AvgIpc) is 2.93. The summed E-state index contributed by atoms with van der Waals surface area (Å²) in [5.74, 6) is -1.58. The van der Waals surface area contributed by atoms with Crippen LogP contribution in [0.5, 0.6) is 0 Å². The van der Waals surface area contributed by atoms with Crippen LogP contribution >= 0.6 is 0 Å². The van der Waals surface area contributed by atoms with Gasteiger partial charge in [0.25, 0.3) is 0 Å². The molecule has 3 rings (SSSR count).